The van der Waals surface area contributed by atoms with Gasteiger partial charge in [0.2, 0.25) is 5.91 Å². The van der Waals surface area contributed by atoms with Crippen LogP contribution < -0.4 is 15.8 Å². The zero-order valence-electron chi connectivity index (χ0n) is 12.2. The van der Waals surface area contributed by atoms with Gasteiger partial charge in [0.25, 0.3) is 0 Å². The van der Waals surface area contributed by atoms with Crippen LogP contribution in [0.1, 0.15) is 37.3 Å². The molecule has 4 heteroatoms. The van der Waals surface area contributed by atoms with E-state index >= 15 is 0 Å². The number of ether oxygens (including phenoxy) is 1. The highest BCUT2D eigenvalue weighted by molar-refractivity contribution is 5.92. The average Bonchev–Trinajstić information content (AvgIpc) is 2.33. The molecular formula is C15H24N2O2. The highest BCUT2D eigenvalue weighted by Crippen LogP contribution is 2.29. The van der Waals surface area contributed by atoms with Crippen LogP contribution in [0, 0.1) is 13.8 Å². The predicted octanol–water partition coefficient (Wildman–Crippen LogP) is 2.77. The third-order valence-corrected chi connectivity index (χ3v) is 3.19. The first kappa shape index (κ1) is 15.5. The van der Waals surface area contributed by atoms with Gasteiger partial charge in [0.1, 0.15) is 5.75 Å². The normalized spacial score (nSPS) is 12.1. The maximum atomic E-state index is 11.9. The Balaban J connectivity index is 2.75. The van der Waals surface area contributed by atoms with Crippen molar-refractivity contribution in [2.45, 2.75) is 46.1 Å². The van der Waals surface area contributed by atoms with Crippen LogP contribution in [0.15, 0.2) is 12.1 Å². The van der Waals surface area contributed by atoms with Crippen molar-refractivity contribution in [2.24, 2.45) is 5.73 Å². The van der Waals surface area contributed by atoms with Crippen molar-refractivity contribution in [1.82, 2.24) is 0 Å². The number of carbonyl (C=O) groups excluding carboxylic acids is 1. The minimum absolute atomic E-state index is 0.0463. The fraction of sp³-hybridized carbons (Fsp3) is 0.533. The quantitative estimate of drug-likeness (QED) is 0.830. The molecule has 106 valence electrons. The second kappa shape index (κ2) is 7.14. The van der Waals surface area contributed by atoms with Gasteiger partial charge in [-0.05, 0) is 31.9 Å². The first-order valence-electron chi connectivity index (χ1n) is 6.69. The standard InChI is InChI=1S/C15H24N2O2/c1-5-6-12(16)9-14(18)17-13-8-7-10(2)15(19-4)11(13)3/h7-8,12H,5-6,9,16H2,1-4H3,(H,17,18). The van der Waals surface area contributed by atoms with Crippen LogP contribution in [0.5, 0.6) is 5.75 Å². The summed E-state index contributed by atoms with van der Waals surface area (Å²) in [5.74, 6) is 0.769. The largest absolute Gasteiger partial charge is 0.496 e. The molecule has 1 rings (SSSR count). The summed E-state index contributed by atoms with van der Waals surface area (Å²) in [6.45, 7) is 5.98. The van der Waals surface area contributed by atoms with Crippen LogP contribution in [0.4, 0.5) is 5.69 Å². The molecule has 0 fully saturated rings. The van der Waals surface area contributed by atoms with Gasteiger partial charge in [0, 0.05) is 23.7 Å². The molecule has 19 heavy (non-hydrogen) atoms. The Labute approximate surface area is 115 Å². The molecule has 0 aliphatic carbocycles. The lowest BCUT2D eigenvalue weighted by Gasteiger charge is -2.15. The number of hydrogen-bond acceptors (Lipinski definition) is 3. The number of anilines is 1. The van der Waals surface area contributed by atoms with Crippen LogP contribution in [-0.4, -0.2) is 19.1 Å². The molecule has 1 amide bonds. The number of benzene rings is 1. The van der Waals surface area contributed by atoms with Gasteiger partial charge in [-0.2, -0.15) is 0 Å². The van der Waals surface area contributed by atoms with E-state index in [1.165, 1.54) is 0 Å². The number of methoxy groups -OCH3 is 1. The molecule has 4 nitrogen and oxygen atoms in total. The van der Waals surface area contributed by atoms with E-state index in [-0.39, 0.29) is 11.9 Å². The highest BCUT2D eigenvalue weighted by Gasteiger charge is 2.12. The minimum Gasteiger partial charge on any atom is -0.496 e. The van der Waals surface area contributed by atoms with Crippen LogP contribution in [0.2, 0.25) is 0 Å². The van der Waals surface area contributed by atoms with E-state index in [4.69, 9.17) is 10.5 Å². The molecule has 0 aliphatic heterocycles. The third kappa shape index (κ3) is 4.24. The fourth-order valence-electron chi connectivity index (χ4n) is 2.19. The Hall–Kier alpha value is -1.55. The van der Waals surface area contributed by atoms with Crippen LogP contribution in [0.3, 0.4) is 0 Å². The van der Waals surface area contributed by atoms with E-state index < -0.39 is 0 Å². The van der Waals surface area contributed by atoms with Crippen molar-refractivity contribution in [3.05, 3.63) is 23.3 Å². The summed E-state index contributed by atoms with van der Waals surface area (Å²) >= 11 is 0. The van der Waals surface area contributed by atoms with Gasteiger partial charge in [0.05, 0.1) is 7.11 Å². The van der Waals surface area contributed by atoms with Crippen molar-refractivity contribution in [3.63, 3.8) is 0 Å². The Kier molecular flexibility index (Phi) is 5.83. The summed E-state index contributed by atoms with van der Waals surface area (Å²) in [7, 11) is 1.64. The fourth-order valence-corrected chi connectivity index (χ4v) is 2.19. The van der Waals surface area contributed by atoms with Crippen LogP contribution in [-0.2, 0) is 4.79 Å². The van der Waals surface area contributed by atoms with Gasteiger partial charge < -0.3 is 15.8 Å². The lowest BCUT2D eigenvalue weighted by Crippen LogP contribution is -2.27. The number of amides is 1. The second-order valence-electron chi connectivity index (χ2n) is 4.89. The Morgan fingerprint density at radius 3 is 2.68 bits per heavy atom. The summed E-state index contributed by atoms with van der Waals surface area (Å²) in [6, 6.07) is 3.77. The minimum atomic E-state index is -0.0716. The molecule has 0 radical (unpaired) electrons. The highest BCUT2D eigenvalue weighted by atomic mass is 16.5. The van der Waals surface area contributed by atoms with Crippen molar-refractivity contribution in [3.8, 4) is 5.75 Å². The van der Waals surface area contributed by atoms with Crippen molar-refractivity contribution < 1.29 is 9.53 Å². The van der Waals surface area contributed by atoms with Gasteiger partial charge in [-0.15, -0.1) is 0 Å². The molecule has 1 aromatic rings. The first-order chi connectivity index (χ1) is 8.99. The Morgan fingerprint density at radius 1 is 1.42 bits per heavy atom. The molecule has 0 saturated carbocycles. The molecule has 0 bridgehead atoms. The SMILES string of the molecule is CCCC(N)CC(=O)Nc1ccc(C)c(OC)c1C. The topological polar surface area (TPSA) is 64.4 Å². The maximum absolute atomic E-state index is 11.9. The number of hydrogen-bond donors (Lipinski definition) is 2. The summed E-state index contributed by atoms with van der Waals surface area (Å²) in [5, 5.41) is 2.90. The van der Waals surface area contributed by atoms with E-state index in [9.17, 15) is 4.79 Å². The average molecular weight is 264 g/mol. The monoisotopic (exact) mass is 264 g/mol. The Morgan fingerprint density at radius 2 is 2.11 bits per heavy atom. The van der Waals surface area contributed by atoms with Crippen LogP contribution >= 0.6 is 0 Å². The third-order valence-electron chi connectivity index (χ3n) is 3.19. The zero-order chi connectivity index (χ0) is 14.4. The molecule has 0 heterocycles. The lowest BCUT2D eigenvalue weighted by molar-refractivity contribution is -0.116. The number of nitrogens with two attached hydrogens (primary N) is 1. The molecule has 0 spiro atoms. The van der Waals surface area contributed by atoms with E-state index in [0.717, 1.165) is 35.4 Å². The molecule has 0 aliphatic rings. The zero-order valence-corrected chi connectivity index (χ0v) is 12.2. The summed E-state index contributed by atoms with van der Waals surface area (Å²) in [4.78, 5) is 11.9. The molecule has 1 atom stereocenters. The van der Waals surface area contributed by atoms with Gasteiger partial charge in [-0.25, -0.2) is 0 Å². The number of rotatable bonds is 6. The van der Waals surface area contributed by atoms with E-state index in [1.807, 2.05) is 26.0 Å². The number of carbonyl (C=O) groups is 1. The number of nitrogens with one attached hydrogen (secondary N) is 1. The van der Waals surface area contributed by atoms with Gasteiger partial charge in [-0.1, -0.05) is 19.4 Å². The molecule has 0 saturated heterocycles. The summed E-state index contributed by atoms with van der Waals surface area (Å²) in [5.41, 5.74) is 8.66. The molecule has 0 aromatic heterocycles. The summed E-state index contributed by atoms with van der Waals surface area (Å²) in [6.07, 6.45) is 2.21. The smallest absolute Gasteiger partial charge is 0.225 e. The van der Waals surface area contributed by atoms with E-state index in [1.54, 1.807) is 7.11 Å². The molecule has 1 unspecified atom stereocenters. The van der Waals surface area contributed by atoms with Gasteiger partial charge >= 0.3 is 0 Å². The Bertz CT molecular complexity index is 444. The number of aryl methyl sites for hydroxylation is 1. The maximum Gasteiger partial charge on any atom is 0.225 e. The van der Waals surface area contributed by atoms with Crippen LogP contribution in [0.25, 0.3) is 0 Å². The lowest BCUT2D eigenvalue weighted by atomic mass is 10.1. The summed E-state index contributed by atoms with van der Waals surface area (Å²) < 4.78 is 5.34. The predicted molar refractivity (Wildman–Crippen MR) is 78.6 cm³/mol. The first-order valence-corrected chi connectivity index (χ1v) is 6.69. The van der Waals surface area contributed by atoms with E-state index in [0.29, 0.717) is 6.42 Å². The molecular weight excluding hydrogens is 240 g/mol. The van der Waals surface area contributed by atoms with Crippen molar-refractivity contribution in [1.29, 1.82) is 0 Å². The van der Waals surface area contributed by atoms with Crippen molar-refractivity contribution >= 4 is 11.6 Å². The van der Waals surface area contributed by atoms with Gasteiger partial charge in [0.15, 0.2) is 0 Å². The molecule has 3 N–H and O–H groups in total. The second-order valence-corrected chi connectivity index (χ2v) is 4.89. The van der Waals surface area contributed by atoms with Gasteiger partial charge in [-0.3, -0.25) is 4.79 Å². The molecule has 1 aromatic carbocycles. The van der Waals surface area contributed by atoms with E-state index in [2.05, 4.69) is 12.2 Å². The van der Waals surface area contributed by atoms with Crippen molar-refractivity contribution in [2.75, 3.05) is 12.4 Å².